The van der Waals surface area contributed by atoms with E-state index in [4.69, 9.17) is 10.5 Å². The number of hydrogen-bond acceptors (Lipinski definition) is 6. The Kier molecular flexibility index (Phi) is 25.2. The molecule has 0 atom stereocenters. The molecular weight excluding hydrogens is 464 g/mol. The SMILES string of the molecule is CC.CC.CC.Cc1ccc(Br)cn1.Cc1ccc(C#N)cn1.Cc1cnc(C#N)cn1. The van der Waals surface area contributed by atoms with E-state index in [0.29, 0.717) is 11.3 Å². The van der Waals surface area contributed by atoms with Crippen molar-refractivity contribution >= 4 is 15.9 Å². The molecule has 3 aromatic rings. The monoisotopic (exact) mass is 498 g/mol. The molecule has 6 nitrogen and oxygen atoms in total. The second kappa shape index (κ2) is 24.1. The number of nitrogens with zero attached hydrogens (tertiary/aromatic N) is 6. The summed E-state index contributed by atoms with van der Waals surface area (Å²) in [4.78, 5) is 15.6. The van der Waals surface area contributed by atoms with E-state index in [9.17, 15) is 0 Å². The first-order chi connectivity index (χ1) is 15.4. The van der Waals surface area contributed by atoms with Crippen LogP contribution in [0, 0.1) is 43.4 Å². The minimum atomic E-state index is 0.362. The number of aryl methyl sites for hydroxylation is 3. The molecule has 0 bridgehead atoms. The number of nitriles is 2. The fourth-order valence-corrected chi connectivity index (χ4v) is 1.67. The van der Waals surface area contributed by atoms with E-state index in [1.54, 1.807) is 24.7 Å². The number of halogens is 1. The fourth-order valence-electron chi connectivity index (χ4n) is 1.43. The molecule has 0 radical (unpaired) electrons. The Morgan fingerprint density at radius 1 is 0.594 bits per heavy atom. The Morgan fingerprint density at radius 2 is 1.09 bits per heavy atom. The average molecular weight is 500 g/mol. The van der Waals surface area contributed by atoms with E-state index in [-0.39, 0.29) is 0 Å². The van der Waals surface area contributed by atoms with Gasteiger partial charge in [0.15, 0.2) is 5.69 Å². The highest BCUT2D eigenvalue weighted by Gasteiger charge is 1.88. The molecule has 0 unspecified atom stereocenters. The third-order valence-corrected chi connectivity index (χ3v) is 3.28. The van der Waals surface area contributed by atoms with Crippen LogP contribution in [-0.4, -0.2) is 19.9 Å². The quantitative estimate of drug-likeness (QED) is 0.326. The van der Waals surface area contributed by atoms with Crippen molar-refractivity contribution in [2.75, 3.05) is 0 Å². The van der Waals surface area contributed by atoms with Gasteiger partial charge in [-0.3, -0.25) is 15.0 Å². The maximum Gasteiger partial charge on any atom is 0.158 e. The molecule has 7 heteroatoms. The van der Waals surface area contributed by atoms with Gasteiger partial charge in [-0.1, -0.05) is 41.5 Å². The van der Waals surface area contributed by atoms with Gasteiger partial charge in [-0.15, -0.1) is 0 Å². The van der Waals surface area contributed by atoms with Crippen LogP contribution in [0.25, 0.3) is 0 Å². The van der Waals surface area contributed by atoms with Gasteiger partial charge in [0.2, 0.25) is 0 Å². The lowest BCUT2D eigenvalue weighted by atomic mass is 10.3. The molecule has 3 heterocycles. The fraction of sp³-hybridized carbons (Fsp3) is 0.360. The minimum absolute atomic E-state index is 0.362. The maximum absolute atomic E-state index is 8.34. The number of rotatable bonds is 0. The summed E-state index contributed by atoms with van der Waals surface area (Å²) in [7, 11) is 0. The summed E-state index contributed by atoms with van der Waals surface area (Å²) in [5, 5.41) is 16.6. The molecule has 0 aliphatic rings. The first-order valence-corrected chi connectivity index (χ1v) is 11.3. The lowest BCUT2D eigenvalue weighted by Crippen LogP contribution is -1.85. The number of pyridine rings is 2. The van der Waals surface area contributed by atoms with Crippen molar-refractivity contribution in [3.05, 3.63) is 81.9 Å². The highest BCUT2D eigenvalue weighted by atomic mass is 79.9. The Morgan fingerprint density at radius 3 is 1.41 bits per heavy atom. The molecular formula is C25H35BrN6. The van der Waals surface area contributed by atoms with Crippen LogP contribution < -0.4 is 0 Å². The Balaban J connectivity index is -0.000000353. The van der Waals surface area contributed by atoms with Crippen LogP contribution in [0.4, 0.5) is 0 Å². The topological polar surface area (TPSA) is 99.1 Å². The smallest absolute Gasteiger partial charge is 0.158 e. The maximum atomic E-state index is 8.34. The second-order valence-corrected chi connectivity index (χ2v) is 5.99. The van der Waals surface area contributed by atoms with Crippen molar-refractivity contribution in [3.63, 3.8) is 0 Å². The van der Waals surface area contributed by atoms with Crippen molar-refractivity contribution < 1.29 is 0 Å². The normalized spacial score (nSPS) is 7.62. The lowest BCUT2D eigenvalue weighted by Gasteiger charge is -1.87. The van der Waals surface area contributed by atoms with E-state index in [1.807, 2.05) is 92.7 Å². The van der Waals surface area contributed by atoms with E-state index in [0.717, 1.165) is 21.6 Å². The molecule has 3 aromatic heterocycles. The van der Waals surface area contributed by atoms with Crippen LogP contribution in [0.3, 0.4) is 0 Å². The third-order valence-electron chi connectivity index (χ3n) is 2.81. The molecule has 0 fully saturated rings. The van der Waals surface area contributed by atoms with E-state index in [1.165, 1.54) is 6.20 Å². The van der Waals surface area contributed by atoms with Gasteiger partial charge in [-0.2, -0.15) is 10.5 Å². The lowest BCUT2D eigenvalue weighted by molar-refractivity contribution is 1.09. The standard InChI is InChI=1S/C7H6N2.C6H6BrN.C6H5N3.3C2H6/c1-6-2-3-7(4-8)5-9-6;1-5-2-3-6(7)4-8-5;1-5-3-9-6(2-7)4-8-5;3*1-2/h2-3,5H,1H3;2-4H,1H3;3-4H,1H3;3*1-2H3. The van der Waals surface area contributed by atoms with Crippen LogP contribution in [0.2, 0.25) is 0 Å². The van der Waals surface area contributed by atoms with Crippen LogP contribution in [-0.2, 0) is 0 Å². The first kappa shape index (κ1) is 33.5. The predicted molar refractivity (Wildman–Crippen MR) is 136 cm³/mol. The van der Waals surface area contributed by atoms with Gasteiger partial charge in [-0.05, 0) is 61.0 Å². The molecule has 0 amide bonds. The van der Waals surface area contributed by atoms with Gasteiger partial charge in [0.05, 0.1) is 17.5 Å². The third kappa shape index (κ3) is 18.8. The molecule has 0 spiro atoms. The summed E-state index contributed by atoms with van der Waals surface area (Å²) in [6.07, 6.45) is 6.37. The summed E-state index contributed by atoms with van der Waals surface area (Å²) in [6.45, 7) is 17.7. The van der Waals surface area contributed by atoms with Gasteiger partial charge in [0.1, 0.15) is 12.1 Å². The van der Waals surface area contributed by atoms with E-state index >= 15 is 0 Å². The Labute approximate surface area is 202 Å². The molecule has 3 rings (SSSR count). The predicted octanol–water partition coefficient (Wildman–Crippen LogP) is 7.15. The van der Waals surface area contributed by atoms with Gasteiger partial charge in [0.25, 0.3) is 0 Å². The zero-order chi connectivity index (χ0) is 25.4. The van der Waals surface area contributed by atoms with Crippen molar-refractivity contribution in [2.24, 2.45) is 0 Å². The minimum Gasteiger partial charge on any atom is -0.260 e. The molecule has 0 N–H and O–H groups in total. The largest absolute Gasteiger partial charge is 0.260 e. The van der Waals surface area contributed by atoms with Crippen LogP contribution in [0.15, 0.2) is 53.5 Å². The first-order valence-electron chi connectivity index (χ1n) is 10.5. The van der Waals surface area contributed by atoms with Crippen molar-refractivity contribution in [2.45, 2.75) is 62.3 Å². The zero-order valence-electron chi connectivity index (χ0n) is 20.7. The second-order valence-electron chi connectivity index (χ2n) is 5.07. The zero-order valence-corrected chi connectivity index (χ0v) is 22.3. The summed E-state index contributed by atoms with van der Waals surface area (Å²) >= 11 is 3.28. The van der Waals surface area contributed by atoms with E-state index in [2.05, 4.69) is 35.9 Å². The highest BCUT2D eigenvalue weighted by molar-refractivity contribution is 9.10. The van der Waals surface area contributed by atoms with Gasteiger partial charge < -0.3 is 0 Å². The van der Waals surface area contributed by atoms with Crippen LogP contribution in [0.1, 0.15) is 69.9 Å². The van der Waals surface area contributed by atoms with Crippen molar-refractivity contribution in [1.82, 2.24) is 19.9 Å². The highest BCUT2D eigenvalue weighted by Crippen LogP contribution is 2.05. The molecule has 172 valence electrons. The van der Waals surface area contributed by atoms with Gasteiger partial charge >= 0.3 is 0 Å². The van der Waals surface area contributed by atoms with Gasteiger partial charge in [0, 0.05) is 34.5 Å². The van der Waals surface area contributed by atoms with Crippen LogP contribution >= 0.6 is 15.9 Å². The molecule has 0 aromatic carbocycles. The van der Waals surface area contributed by atoms with Crippen molar-refractivity contribution in [1.29, 1.82) is 10.5 Å². The Bertz CT molecular complexity index is 802. The van der Waals surface area contributed by atoms with E-state index < -0.39 is 0 Å². The summed E-state index contributed by atoms with van der Waals surface area (Å²) in [5.74, 6) is 0. The molecule has 0 saturated heterocycles. The van der Waals surface area contributed by atoms with Crippen LogP contribution in [0.5, 0.6) is 0 Å². The molecule has 0 aliphatic carbocycles. The summed E-state index contributed by atoms with van der Waals surface area (Å²) in [5.41, 5.74) is 3.79. The number of hydrogen-bond donors (Lipinski definition) is 0. The van der Waals surface area contributed by atoms with Gasteiger partial charge in [-0.25, -0.2) is 4.98 Å². The Hall–Kier alpha value is -3.16. The molecule has 0 aliphatic heterocycles. The van der Waals surface area contributed by atoms with Crippen molar-refractivity contribution in [3.8, 4) is 12.1 Å². The number of aromatic nitrogens is 4. The molecule has 0 saturated carbocycles. The summed E-state index contributed by atoms with van der Waals surface area (Å²) in [6, 6.07) is 11.4. The average Bonchev–Trinajstić information content (AvgIpc) is 2.86. The molecule has 32 heavy (non-hydrogen) atoms. The summed E-state index contributed by atoms with van der Waals surface area (Å²) < 4.78 is 1.03.